The van der Waals surface area contributed by atoms with Crippen LogP contribution in [0.25, 0.3) is 0 Å². The summed E-state index contributed by atoms with van der Waals surface area (Å²) in [6.07, 6.45) is 11.2. The summed E-state index contributed by atoms with van der Waals surface area (Å²) < 4.78 is 34.5. The maximum Gasteiger partial charge on any atom is 0.281 e. The molecule has 2 aliphatic rings. The molecule has 1 fully saturated rings. The maximum atomic E-state index is 14.5. The molecule has 0 aliphatic heterocycles. The fourth-order valence-corrected chi connectivity index (χ4v) is 3.39. The minimum absolute atomic E-state index is 0.656. The smallest absolute Gasteiger partial charge is 0.281 e. The molecule has 0 bridgehead atoms. The zero-order valence-corrected chi connectivity index (χ0v) is 10.8. The Morgan fingerprint density at radius 3 is 2.22 bits per heavy atom. The molecule has 1 atom stereocenters. The molecule has 3 heteroatoms. The number of halogens is 2. The first kappa shape index (κ1) is 13.5. The van der Waals surface area contributed by atoms with Gasteiger partial charge in [-0.3, -0.25) is 0 Å². The molecule has 0 radical (unpaired) electrons. The first-order chi connectivity index (χ1) is 8.54. The predicted molar refractivity (Wildman–Crippen MR) is 68.7 cm³/mol. The van der Waals surface area contributed by atoms with Crippen LogP contribution in [0.1, 0.15) is 32.1 Å². The fourth-order valence-electron chi connectivity index (χ4n) is 3.39. The van der Waals surface area contributed by atoms with E-state index in [1.54, 1.807) is 19.3 Å². The third kappa shape index (κ3) is 1.68. The summed E-state index contributed by atoms with van der Waals surface area (Å²) in [5.41, 5.74) is -2.26. The standard InChI is InChI=1S/C15H20F2O/c1-3-13(9-7-8-12-15(13,16)17)14(18-2)10-5-4-6-11-14/h3,7-9,12H,1,4-6,10-11H2,2H3. The van der Waals surface area contributed by atoms with Crippen LogP contribution in [0.3, 0.4) is 0 Å². The van der Waals surface area contributed by atoms with Crippen molar-refractivity contribution in [1.82, 2.24) is 0 Å². The lowest BCUT2D eigenvalue weighted by atomic mass is 9.60. The second-order valence-electron chi connectivity index (χ2n) is 5.17. The molecule has 0 spiro atoms. The van der Waals surface area contributed by atoms with Crippen LogP contribution in [0.15, 0.2) is 37.0 Å². The van der Waals surface area contributed by atoms with Gasteiger partial charge in [0.05, 0.1) is 5.60 Å². The van der Waals surface area contributed by atoms with Crippen molar-refractivity contribution in [3.05, 3.63) is 37.0 Å². The van der Waals surface area contributed by atoms with Crippen LogP contribution in [0.2, 0.25) is 0 Å². The summed E-state index contributed by atoms with van der Waals surface area (Å²) in [6, 6.07) is 0. The zero-order chi connectivity index (χ0) is 13.3. The summed E-state index contributed by atoms with van der Waals surface area (Å²) in [4.78, 5) is 0. The number of allylic oxidation sites excluding steroid dienone is 3. The molecule has 0 aromatic rings. The molecule has 0 heterocycles. The second-order valence-corrected chi connectivity index (χ2v) is 5.17. The lowest BCUT2D eigenvalue weighted by Gasteiger charge is -2.52. The van der Waals surface area contributed by atoms with Crippen molar-refractivity contribution >= 4 is 0 Å². The van der Waals surface area contributed by atoms with E-state index in [-0.39, 0.29) is 0 Å². The van der Waals surface area contributed by atoms with Crippen molar-refractivity contribution in [1.29, 1.82) is 0 Å². The van der Waals surface area contributed by atoms with Gasteiger partial charge in [-0.2, -0.15) is 0 Å². The molecule has 0 aromatic heterocycles. The molecule has 2 rings (SSSR count). The molecule has 18 heavy (non-hydrogen) atoms. The Balaban J connectivity index is 2.51. The molecular formula is C15H20F2O. The van der Waals surface area contributed by atoms with E-state index in [4.69, 9.17) is 4.74 Å². The third-order valence-electron chi connectivity index (χ3n) is 4.46. The molecule has 1 nitrogen and oxygen atoms in total. The van der Waals surface area contributed by atoms with E-state index < -0.39 is 16.9 Å². The first-order valence-corrected chi connectivity index (χ1v) is 6.47. The van der Waals surface area contributed by atoms with Gasteiger partial charge in [-0.1, -0.05) is 43.6 Å². The summed E-state index contributed by atoms with van der Waals surface area (Å²) in [6.45, 7) is 3.68. The van der Waals surface area contributed by atoms with Crippen molar-refractivity contribution in [2.45, 2.75) is 43.6 Å². The van der Waals surface area contributed by atoms with Crippen LogP contribution in [0.4, 0.5) is 8.78 Å². The Morgan fingerprint density at radius 2 is 1.72 bits per heavy atom. The molecule has 1 saturated carbocycles. The molecule has 0 N–H and O–H groups in total. The van der Waals surface area contributed by atoms with Crippen molar-refractivity contribution in [2.24, 2.45) is 5.41 Å². The fraction of sp³-hybridized carbons (Fsp3) is 0.600. The normalized spacial score (nSPS) is 33.3. The molecule has 100 valence electrons. The first-order valence-electron chi connectivity index (χ1n) is 6.47. The Kier molecular flexibility index (Phi) is 3.45. The average molecular weight is 254 g/mol. The number of methoxy groups -OCH3 is 1. The van der Waals surface area contributed by atoms with Gasteiger partial charge < -0.3 is 4.74 Å². The van der Waals surface area contributed by atoms with Crippen LogP contribution >= 0.6 is 0 Å². The topological polar surface area (TPSA) is 9.23 Å². The molecule has 0 saturated heterocycles. The SMILES string of the molecule is C=CC1(C2(OC)CCCCC2)C=CC=CC1(F)F. The van der Waals surface area contributed by atoms with Gasteiger partial charge in [0.15, 0.2) is 0 Å². The summed E-state index contributed by atoms with van der Waals surface area (Å²) in [7, 11) is 1.54. The third-order valence-corrected chi connectivity index (χ3v) is 4.46. The molecule has 0 aromatic carbocycles. The van der Waals surface area contributed by atoms with Crippen LogP contribution in [0.5, 0.6) is 0 Å². The van der Waals surface area contributed by atoms with Gasteiger partial charge in [-0.15, -0.1) is 6.58 Å². The number of ether oxygens (including phenoxy) is 1. The summed E-state index contributed by atoms with van der Waals surface area (Å²) in [5, 5.41) is 0. The maximum absolute atomic E-state index is 14.5. The van der Waals surface area contributed by atoms with Crippen molar-refractivity contribution in [3.63, 3.8) is 0 Å². The minimum atomic E-state index is -2.95. The van der Waals surface area contributed by atoms with Crippen LogP contribution < -0.4 is 0 Å². The van der Waals surface area contributed by atoms with E-state index in [1.165, 1.54) is 12.2 Å². The average Bonchev–Trinajstić information content (AvgIpc) is 2.39. The van der Waals surface area contributed by atoms with Crippen molar-refractivity contribution < 1.29 is 13.5 Å². The Hall–Kier alpha value is -0.960. The van der Waals surface area contributed by atoms with Crippen LogP contribution in [-0.2, 0) is 4.74 Å². The van der Waals surface area contributed by atoms with Gasteiger partial charge in [0.25, 0.3) is 5.92 Å². The summed E-state index contributed by atoms with van der Waals surface area (Å²) in [5.74, 6) is -2.95. The van der Waals surface area contributed by atoms with Crippen molar-refractivity contribution in [2.75, 3.05) is 7.11 Å². The highest BCUT2D eigenvalue weighted by Crippen LogP contribution is 2.56. The van der Waals surface area contributed by atoms with Gasteiger partial charge in [-0.05, 0) is 18.9 Å². The van der Waals surface area contributed by atoms with Gasteiger partial charge in [0, 0.05) is 7.11 Å². The Bertz CT molecular complexity index is 378. The van der Waals surface area contributed by atoms with Gasteiger partial charge in [0.1, 0.15) is 5.41 Å². The van der Waals surface area contributed by atoms with Gasteiger partial charge in [0.2, 0.25) is 0 Å². The zero-order valence-electron chi connectivity index (χ0n) is 10.8. The predicted octanol–water partition coefficient (Wildman–Crippen LogP) is 4.27. The monoisotopic (exact) mass is 254 g/mol. The van der Waals surface area contributed by atoms with Crippen LogP contribution in [-0.4, -0.2) is 18.6 Å². The summed E-state index contributed by atoms with van der Waals surface area (Å²) >= 11 is 0. The van der Waals surface area contributed by atoms with E-state index in [9.17, 15) is 8.78 Å². The van der Waals surface area contributed by atoms with E-state index in [1.807, 2.05) is 0 Å². The van der Waals surface area contributed by atoms with E-state index in [0.29, 0.717) is 12.8 Å². The largest absolute Gasteiger partial charge is 0.377 e. The second kappa shape index (κ2) is 4.61. The Labute approximate surface area is 107 Å². The Morgan fingerprint density at radius 1 is 1.11 bits per heavy atom. The highest BCUT2D eigenvalue weighted by atomic mass is 19.3. The highest BCUT2D eigenvalue weighted by molar-refractivity contribution is 5.34. The van der Waals surface area contributed by atoms with E-state index in [2.05, 4.69) is 6.58 Å². The quantitative estimate of drug-likeness (QED) is 0.683. The number of hydrogen-bond acceptors (Lipinski definition) is 1. The molecule has 0 amide bonds. The number of hydrogen-bond donors (Lipinski definition) is 0. The lowest BCUT2D eigenvalue weighted by molar-refractivity contribution is -0.177. The van der Waals surface area contributed by atoms with Gasteiger partial charge in [-0.25, -0.2) is 8.78 Å². The molecule has 2 aliphatic carbocycles. The van der Waals surface area contributed by atoms with Crippen molar-refractivity contribution in [3.8, 4) is 0 Å². The number of rotatable bonds is 3. The van der Waals surface area contributed by atoms with E-state index in [0.717, 1.165) is 25.3 Å². The minimum Gasteiger partial charge on any atom is -0.377 e. The highest BCUT2D eigenvalue weighted by Gasteiger charge is 2.62. The van der Waals surface area contributed by atoms with Crippen LogP contribution in [0, 0.1) is 5.41 Å². The van der Waals surface area contributed by atoms with E-state index >= 15 is 0 Å². The molecular weight excluding hydrogens is 234 g/mol. The van der Waals surface area contributed by atoms with Gasteiger partial charge >= 0.3 is 0 Å². The lowest BCUT2D eigenvalue weighted by Crippen LogP contribution is -2.58. The number of alkyl halides is 2. The molecule has 1 unspecified atom stereocenters.